The van der Waals surface area contributed by atoms with Crippen LogP contribution in [-0.2, 0) is 4.79 Å². The van der Waals surface area contributed by atoms with Crippen molar-refractivity contribution in [1.82, 2.24) is 10.3 Å². The summed E-state index contributed by atoms with van der Waals surface area (Å²) in [5.74, 6) is 0.910. The van der Waals surface area contributed by atoms with Crippen molar-refractivity contribution in [3.63, 3.8) is 0 Å². The van der Waals surface area contributed by atoms with E-state index in [1.807, 2.05) is 54.6 Å². The fraction of sp³-hybridized carbons (Fsp3) is 0.320. The van der Waals surface area contributed by atoms with E-state index in [1.54, 1.807) is 0 Å². The minimum atomic E-state index is -0.0486. The molecule has 31 heavy (non-hydrogen) atoms. The SMILES string of the molecule is CC(Nc1cc(C(=O)NC2CC2)c2ccccc2n1)c1ccc(NC(=O)C2CC2)cc1. The summed E-state index contributed by atoms with van der Waals surface area (Å²) < 4.78 is 0. The molecule has 2 aliphatic rings. The highest BCUT2D eigenvalue weighted by molar-refractivity contribution is 6.07. The fourth-order valence-corrected chi connectivity index (χ4v) is 3.68. The molecule has 1 aromatic heterocycles. The van der Waals surface area contributed by atoms with Crippen LogP contribution in [-0.4, -0.2) is 22.8 Å². The number of aromatic nitrogens is 1. The highest BCUT2D eigenvalue weighted by atomic mass is 16.2. The zero-order chi connectivity index (χ0) is 21.4. The molecule has 1 heterocycles. The van der Waals surface area contributed by atoms with Crippen LogP contribution in [0.5, 0.6) is 0 Å². The lowest BCUT2D eigenvalue weighted by atomic mass is 10.1. The van der Waals surface area contributed by atoms with Crippen molar-refractivity contribution in [1.29, 1.82) is 0 Å². The Morgan fingerprint density at radius 1 is 1.00 bits per heavy atom. The summed E-state index contributed by atoms with van der Waals surface area (Å²) >= 11 is 0. The van der Waals surface area contributed by atoms with Gasteiger partial charge in [0, 0.05) is 29.1 Å². The molecule has 2 saturated carbocycles. The number of anilines is 2. The summed E-state index contributed by atoms with van der Waals surface area (Å²) in [6.07, 6.45) is 4.08. The van der Waals surface area contributed by atoms with Gasteiger partial charge in [0.2, 0.25) is 5.91 Å². The highest BCUT2D eigenvalue weighted by Crippen LogP contribution is 2.30. The molecule has 6 nitrogen and oxygen atoms in total. The lowest BCUT2D eigenvalue weighted by molar-refractivity contribution is -0.117. The Kier molecular flexibility index (Phi) is 5.06. The van der Waals surface area contributed by atoms with Gasteiger partial charge < -0.3 is 16.0 Å². The maximum Gasteiger partial charge on any atom is 0.252 e. The van der Waals surface area contributed by atoms with Crippen LogP contribution < -0.4 is 16.0 Å². The van der Waals surface area contributed by atoms with E-state index in [0.29, 0.717) is 17.4 Å². The molecule has 0 bridgehead atoms. The summed E-state index contributed by atoms with van der Waals surface area (Å²) in [5, 5.41) is 10.3. The lowest BCUT2D eigenvalue weighted by Gasteiger charge is -2.17. The molecular formula is C25H26N4O2. The number of hydrogen-bond acceptors (Lipinski definition) is 4. The second-order valence-electron chi connectivity index (χ2n) is 8.57. The smallest absolute Gasteiger partial charge is 0.252 e. The van der Waals surface area contributed by atoms with Gasteiger partial charge >= 0.3 is 0 Å². The molecule has 1 atom stereocenters. The van der Waals surface area contributed by atoms with Crippen molar-refractivity contribution in [2.45, 2.75) is 44.7 Å². The van der Waals surface area contributed by atoms with E-state index in [4.69, 9.17) is 4.98 Å². The van der Waals surface area contributed by atoms with Crippen LogP contribution in [0.25, 0.3) is 10.9 Å². The topological polar surface area (TPSA) is 83.1 Å². The standard InChI is InChI=1S/C25H26N4O2/c1-15(16-8-10-18(11-9-16)27-24(30)17-6-7-17)26-23-14-21(25(31)28-19-12-13-19)20-4-2-3-5-22(20)29-23/h2-5,8-11,14-15,17,19H,6-7,12-13H2,1H3,(H,26,29)(H,27,30)(H,28,31). The van der Waals surface area contributed by atoms with Gasteiger partial charge in [-0.3, -0.25) is 9.59 Å². The molecule has 2 fully saturated rings. The van der Waals surface area contributed by atoms with Gasteiger partial charge in [-0.25, -0.2) is 4.98 Å². The Bertz CT molecular complexity index is 1130. The van der Waals surface area contributed by atoms with E-state index in [-0.39, 0.29) is 23.8 Å². The number of benzene rings is 2. The number of carbonyl (C=O) groups excluding carboxylic acids is 2. The third kappa shape index (κ3) is 4.53. The zero-order valence-corrected chi connectivity index (χ0v) is 17.5. The average Bonchev–Trinajstić information content (AvgIpc) is 3.68. The number of pyridine rings is 1. The monoisotopic (exact) mass is 414 g/mol. The maximum absolute atomic E-state index is 12.8. The molecule has 3 N–H and O–H groups in total. The molecule has 3 aromatic rings. The van der Waals surface area contributed by atoms with Gasteiger partial charge in [0.1, 0.15) is 5.82 Å². The number of hydrogen-bond donors (Lipinski definition) is 3. The van der Waals surface area contributed by atoms with E-state index in [0.717, 1.165) is 47.8 Å². The molecular weight excluding hydrogens is 388 g/mol. The van der Waals surface area contributed by atoms with Crippen LogP contribution in [0.4, 0.5) is 11.5 Å². The molecule has 2 amide bonds. The number of para-hydroxylation sites is 1. The summed E-state index contributed by atoms with van der Waals surface area (Å²) in [6.45, 7) is 2.05. The van der Waals surface area contributed by atoms with E-state index < -0.39 is 0 Å². The third-order valence-electron chi connectivity index (χ3n) is 5.86. The quantitative estimate of drug-likeness (QED) is 0.526. The molecule has 5 rings (SSSR count). The van der Waals surface area contributed by atoms with Gasteiger partial charge in [-0.05, 0) is 62.4 Å². The van der Waals surface area contributed by atoms with Crippen molar-refractivity contribution in [2.75, 3.05) is 10.6 Å². The van der Waals surface area contributed by atoms with Crippen LogP contribution in [0.3, 0.4) is 0 Å². The van der Waals surface area contributed by atoms with Crippen LogP contribution in [0, 0.1) is 5.92 Å². The van der Waals surface area contributed by atoms with Gasteiger partial charge in [0.25, 0.3) is 5.91 Å². The maximum atomic E-state index is 12.8. The van der Waals surface area contributed by atoms with Gasteiger partial charge in [0.05, 0.1) is 11.1 Å². The number of rotatable bonds is 7. The van der Waals surface area contributed by atoms with Gasteiger partial charge in [-0.1, -0.05) is 30.3 Å². The van der Waals surface area contributed by atoms with E-state index >= 15 is 0 Å². The Balaban J connectivity index is 1.34. The number of fused-ring (bicyclic) bond motifs is 1. The molecule has 2 aromatic carbocycles. The highest BCUT2D eigenvalue weighted by Gasteiger charge is 2.29. The average molecular weight is 415 g/mol. The summed E-state index contributed by atoms with van der Waals surface area (Å²) in [7, 11) is 0. The second-order valence-corrected chi connectivity index (χ2v) is 8.57. The largest absolute Gasteiger partial charge is 0.364 e. The number of nitrogens with zero attached hydrogens (tertiary/aromatic N) is 1. The molecule has 0 aliphatic heterocycles. The Morgan fingerprint density at radius 2 is 1.74 bits per heavy atom. The second kappa shape index (κ2) is 8.02. The Labute approximate surface area is 181 Å². The molecule has 0 saturated heterocycles. The molecule has 0 radical (unpaired) electrons. The van der Waals surface area contributed by atoms with E-state index in [9.17, 15) is 9.59 Å². The van der Waals surface area contributed by atoms with Crippen LogP contribution in [0.2, 0.25) is 0 Å². The molecule has 0 spiro atoms. The predicted molar refractivity (Wildman–Crippen MR) is 122 cm³/mol. The number of amides is 2. The number of carbonyl (C=O) groups is 2. The molecule has 1 unspecified atom stereocenters. The summed E-state index contributed by atoms with van der Waals surface area (Å²) in [6, 6.07) is 17.7. The molecule has 158 valence electrons. The van der Waals surface area contributed by atoms with Crippen LogP contribution >= 0.6 is 0 Å². The summed E-state index contributed by atoms with van der Waals surface area (Å²) in [5.41, 5.74) is 3.32. The van der Waals surface area contributed by atoms with E-state index in [2.05, 4.69) is 22.9 Å². The van der Waals surface area contributed by atoms with E-state index in [1.165, 1.54) is 0 Å². The minimum Gasteiger partial charge on any atom is -0.364 e. The summed E-state index contributed by atoms with van der Waals surface area (Å²) in [4.78, 5) is 29.4. The Morgan fingerprint density at radius 3 is 2.45 bits per heavy atom. The minimum absolute atomic E-state index is 0.0128. The zero-order valence-electron chi connectivity index (χ0n) is 17.5. The van der Waals surface area contributed by atoms with Crippen LogP contribution in [0.1, 0.15) is 54.6 Å². The van der Waals surface area contributed by atoms with Crippen molar-refractivity contribution in [2.24, 2.45) is 5.92 Å². The molecule has 6 heteroatoms. The van der Waals surface area contributed by atoms with Crippen molar-refractivity contribution in [3.05, 3.63) is 65.7 Å². The van der Waals surface area contributed by atoms with Gasteiger partial charge in [-0.15, -0.1) is 0 Å². The van der Waals surface area contributed by atoms with Crippen LogP contribution in [0.15, 0.2) is 54.6 Å². The van der Waals surface area contributed by atoms with Gasteiger partial charge in [-0.2, -0.15) is 0 Å². The first kappa shape index (κ1) is 19.5. The number of nitrogens with one attached hydrogen (secondary N) is 3. The van der Waals surface area contributed by atoms with Gasteiger partial charge in [0.15, 0.2) is 0 Å². The third-order valence-corrected chi connectivity index (χ3v) is 5.86. The normalized spacial score (nSPS) is 16.5. The molecule has 2 aliphatic carbocycles. The first-order chi connectivity index (χ1) is 15.1. The first-order valence-corrected chi connectivity index (χ1v) is 10.9. The lowest BCUT2D eigenvalue weighted by Crippen LogP contribution is -2.26. The first-order valence-electron chi connectivity index (χ1n) is 10.9. The fourth-order valence-electron chi connectivity index (χ4n) is 3.68. The predicted octanol–water partition coefficient (Wildman–Crippen LogP) is 4.65. The van der Waals surface area contributed by atoms with Crippen molar-refractivity contribution < 1.29 is 9.59 Å². The Hall–Kier alpha value is -3.41. The van der Waals surface area contributed by atoms with Crippen molar-refractivity contribution >= 4 is 34.2 Å². The van der Waals surface area contributed by atoms with Crippen molar-refractivity contribution in [3.8, 4) is 0 Å².